The van der Waals surface area contributed by atoms with Crippen LogP contribution in [0.1, 0.15) is 64.3 Å². The smallest absolute Gasteiger partial charge is 0.408 e. The SMILES string of the molecule is COC(=O)CNC(=O)C(c1cccc(C)c1)N(C(=O)C(Cc1ccccc1)NC(=O)OC(C)(C)C)C(C)(C)C. The molecule has 39 heavy (non-hydrogen) atoms. The van der Waals surface area contributed by atoms with Crippen molar-refractivity contribution in [2.45, 2.75) is 78.1 Å². The Kier molecular flexibility index (Phi) is 10.7. The number of rotatable bonds is 9. The summed E-state index contributed by atoms with van der Waals surface area (Å²) in [6.07, 6.45) is -0.566. The van der Waals surface area contributed by atoms with Gasteiger partial charge in [-0.25, -0.2) is 4.79 Å². The molecule has 9 nitrogen and oxygen atoms in total. The first-order valence-electron chi connectivity index (χ1n) is 12.9. The van der Waals surface area contributed by atoms with E-state index in [1.807, 2.05) is 70.2 Å². The van der Waals surface area contributed by atoms with Crippen molar-refractivity contribution in [1.29, 1.82) is 0 Å². The van der Waals surface area contributed by atoms with Gasteiger partial charge in [0.25, 0.3) is 0 Å². The Morgan fingerprint density at radius 1 is 0.923 bits per heavy atom. The molecule has 0 aliphatic carbocycles. The summed E-state index contributed by atoms with van der Waals surface area (Å²) in [6, 6.07) is 14.4. The van der Waals surface area contributed by atoms with Gasteiger partial charge in [-0.3, -0.25) is 14.4 Å². The number of hydrogen-bond donors (Lipinski definition) is 2. The highest BCUT2D eigenvalue weighted by atomic mass is 16.6. The number of benzene rings is 2. The molecule has 2 N–H and O–H groups in total. The van der Waals surface area contributed by atoms with Crippen molar-refractivity contribution in [1.82, 2.24) is 15.5 Å². The van der Waals surface area contributed by atoms with Gasteiger partial charge in [0, 0.05) is 12.0 Å². The minimum Gasteiger partial charge on any atom is -0.468 e. The van der Waals surface area contributed by atoms with E-state index in [-0.39, 0.29) is 13.0 Å². The van der Waals surface area contributed by atoms with Crippen LogP contribution in [-0.2, 0) is 30.3 Å². The average Bonchev–Trinajstić information content (AvgIpc) is 2.83. The van der Waals surface area contributed by atoms with Gasteiger partial charge in [0.05, 0.1) is 7.11 Å². The third-order valence-electron chi connectivity index (χ3n) is 5.73. The van der Waals surface area contributed by atoms with Crippen LogP contribution in [0.25, 0.3) is 0 Å². The Morgan fingerprint density at radius 3 is 2.10 bits per heavy atom. The molecule has 3 amide bonds. The van der Waals surface area contributed by atoms with Crippen LogP contribution in [0.15, 0.2) is 54.6 Å². The molecular weight excluding hydrogens is 498 g/mol. The lowest BCUT2D eigenvalue weighted by Gasteiger charge is -2.43. The quantitative estimate of drug-likeness (QED) is 0.464. The lowest BCUT2D eigenvalue weighted by atomic mass is 9.93. The van der Waals surface area contributed by atoms with Gasteiger partial charge in [0.1, 0.15) is 24.2 Å². The molecule has 2 unspecified atom stereocenters. The van der Waals surface area contributed by atoms with Crippen LogP contribution in [0, 0.1) is 6.92 Å². The minimum absolute atomic E-state index is 0.176. The minimum atomic E-state index is -1.10. The van der Waals surface area contributed by atoms with Crippen LogP contribution < -0.4 is 10.6 Å². The van der Waals surface area contributed by atoms with Crippen molar-refractivity contribution in [3.8, 4) is 0 Å². The third kappa shape index (κ3) is 9.74. The van der Waals surface area contributed by atoms with Crippen molar-refractivity contribution in [3.63, 3.8) is 0 Å². The normalized spacial score (nSPS) is 13.0. The molecular formula is C30H41N3O6. The first-order valence-corrected chi connectivity index (χ1v) is 12.9. The standard InChI is InChI=1S/C30H41N3O6/c1-20-13-12-16-22(17-20)25(26(35)31-19-24(34)38-8)33(29(2,3)4)27(36)23(18-21-14-10-9-11-15-21)32-28(37)39-30(5,6)7/h9-17,23,25H,18-19H2,1-8H3,(H,31,35)(H,32,37). The number of ether oxygens (including phenoxy) is 2. The van der Waals surface area contributed by atoms with Gasteiger partial charge < -0.3 is 25.0 Å². The number of carbonyl (C=O) groups is 4. The van der Waals surface area contributed by atoms with E-state index < -0.39 is 47.1 Å². The number of methoxy groups -OCH3 is 1. The van der Waals surface area contributed by atoms with Crippen molar-refractivity contribution < 1.29 is 28.7 Å². The second-order valence-corrected chi connectivity index (χ2v) is 11.4. The molecule has 0 saturated heterocycles. The monoisotopic (exact) mass is 539 g/mol. The summed E-state index contributed by atoms with van der Waals surface area (Å²) in [4.78, 5) is 54.1. The van der Waals surface area contributed by atoms with Gasteiger partial charge in [-0.1, -0.05) is 60.2 Å². The van der Waals surface area contributed by atoms with Crippen molar-refractivity contribution in [2.24, 2.45) is 0 Å². The molecule has 0 spiro atoms. The molecule has 0 fully saturated rings. The van der Waals surface area contributed by atoms with E-state index in [9.17, 15) is 19.2 Å². The number of amides is 3. The summed E-state index contributed by atoms with van der Waals surface area (Å²) in [6.45, 7) is 12.2. The summed E-state index contributed by atoms with van der Waals surface area (Å²) in [5.41, 5.74) is 0.650. The fraction of sp³-hybridized carbons (Fsp3) is 0.467. The van der Waals surface area contributed by atoms with Crippen molar-refractivity contribution in [2.75, 3.05) is 13.7 Å². The van der Waals surface area contributed by atoms with Crippen LogP contribution in [0.4, 0.5) is 4.79 Å². The lowest BCUT2D eigenvalue weighted by Crippen LogP contribution is -2.59. The maximum absolute atomic E-state index is 14.4. The molecule has 0 aliphatic rings. The van der Waals surface area contributed by atoms with Crippen LogP contribution in [-0.4, -0.2) is 59.6 Å². The first kappa shape index (κ1) is 31.3. The Labute approximate surface area is 231 Å². The van der Waals surface area contributed by atoms with Crippen LogP contribution in [0.3, 0.4) is 0 Å². The molecule has 0 heterocycles. The summed E-state index contributed by atoms with van der Waals surface area (Å²) in [5, 5.41) is 5.33. The number of carbonyl (C=O) groups excluding carboxylic acids is 4. The van der Waals surface area contributed by atoms with E-state index in [0.717, 1.165) is 11.1 Å². The summed E-state index contributed by atoms with van der Waals surface area (Å²) in [7, 11) is 1.23. The van der Waals surface area contributed by atoms with Gasteiger partial charge in [-0.15, -0.1) is 0 Å². The molecule has 2 aromatic carbocycles. The predicted molar refractivity (Wildman–Crippen MR) is 149 cm³/mol. The van der Waals surface area contributed by atoms with Gasteiger partial charge in [0.15, 0.2) is 0 Å². The summed E-state index contributed by atoms with van der Waals surface area (Å²) >= 11 is 0. The maximum atomic E-state index is 14.4. The Morgan fingerprint density at radius 2 is 1.56 bits per heavy atom. The van der Waals surface area contributed by atoms with E-state index in [1.165, 1.54) is 12.0 Å². The number of hydrogen-bond acceptors (Lipinski definition) is 6. The van der Waals surface area contributed by atoms with Gasteiger partial charge in [-0.2, -0.15) is 0 Å². The van der Waals surface area contributed by atoms with E-state index in [0.29, 0.717) is 5.56 Å². The number of esters is 1. The Bertz CT molecular complexity index is 1150. The highest BCUT2D eigenvalue weighted by Crippen LogP contribution is 2.31. The Balaban J connectivity index is 2.59. The molecule has 2 atom stereocenters. The molecule has 212 valence electrons. The topological polar surface area (TPSA) is 114 Å². The van der Waals surface area contributed by atoms with Crippen LogP contribution in [0.5, 0.6) is 0 Å². The molecule has 0 aliphatic heterocycles. The molecule has 0 aromatic heterocycles. The van der Waals surface area contributed by atoms with Gasteiger partial charge in [0.2, 0.25) is 11.8 Å². The zero-order valence-corrected chi connectivity index (χ0v) is 24.2. The van der Waals surface area contributed by atoms with Crippen LogP contribution >= 0.6 is 0 Å². The van der Waals surface area contributed by atoms with Crippen molar-refractivity contribution >= 4 is 23.9 Å². The molecule has 0 bridgehead atoms. The third-order valence-corrected chi connectivity index (χ3v) is 5.73. The molecule has 2 aromatic rings. The van der Waals surface area contributed by atoms with Crippen molar-refractivity contribution in [3.05, 3.63) is 71.3 Å². The second kappa shape index (κ2) is 13.3. The number of nitrogens with zero attached hydrogens (tertiary/aromatic N) is 1. The highest BCUT2D eigenvalue weighted by Gasteiger charge is 2.42. The van der Waals surface area contributed by atoms with Crippen LogP contribution in [0.2, 0.25) is 0 Å². The summed E-state index contributed by atoms with van der Waals surface area (Å²) < 4.78 is 10.1. The molecule has 2 rings (SSSR count). The van der Waals surface area contributed by atoms with E-state index in [1.54, 1.807) is 32.9 Å². The fourth-order valence-electron chi connectivity index (χ4n) is 4.10. The lowest BCUT2D eigenvalue weighted by molar-refractivity contribution is -0.149. The number of aryl methyl sites for hydroxylation is 1. The zero-order chi connectivity index (χ0) is 29.4. The number of alkyl carbamates (subject to hydrolysis) is 1. The van der Waals surface area contributed by atoms with E-state index >= 15 is 0 Å². The van der Waals surface area contributed by atoms with Gasteiger partial charge >= 0.3 is 12.1 Å². The van der Waals surface area contributed by atoms with E-state index in [2.05, 4.69) is 15.4 Å². The molecule has 0 saturated carbocycles. The predicted octanol–water partition coefficient (Wildman–Crippen LogP) is 4.09. The Hall–Kier alpha value is -3.88. The fourth-order valence-corrected chi connectivity index (χ4v) is 4.10. The zero-order valence-electron chi connectivity index (χ0n) is 24.2. The average molecular weight is 540 g/mol. The molecule has 9 heteroatoms. The summed E-state index contributed by atoms with van der Waals surface area (Å²) in [5.74, 6) is -1.64. The molecule has 0 radical (unpaired) electrons. The highest BCUT2D eigenvalue weighted by molar-refractivity contribution is 5.93. The largest absolute Gasteiger partial charge is 0.468 e. The van der Waals surface area contributed by atoms with Gasteiger partial charge in [-0.05, 0) is 59.6 Å². The van der Waals surface area contributed by atoms with E-state index in [4.69, 9.17) is 4.74 Å². The second-order valence-electron chi connectivity index (χ2n) is 11.4. The first-order chi connectivity index (χ1) is 18.1. The maximum Gasteiger partial charge on any atom is 0.408 e. The number of nitrogens with one attached hydrogen (secondary N) is 2.